The molecular weight excluding hydrogens is 416 g/mol. The summed E-state index contributed by atoms with van der Waals surface area (Å²) in [4.78, 5) is 12.4. The number of alkyl halides is 6. The molecule has 0 aliphatic heterocycles. The maximum Gasteiger partial charge on any atom is 0.387 e. The van der Waals surface area contributed by atoms with Gasteiger partial charge in [0.1, 0.15) is 23.2 Å². The molecule has 2 aromatic rings. The Hall–Kier alpha value is -2.43. The molecule has 1 amide bonds. The molecule has 0 saturated heterocycles. The smallest absolute Gasteiger partial charge is 0.387 e. The molecule has 0 radical (unpaired) electrons. The van der Waals surface area contributed by atoms with E-state index in [4.69, 9.17) is 11.6 Å². The number of hydrogen-bond donors (Lipinski definition) is 1. The van der Waals surface area contributed by atoms with Crippen molar-refractivity contribution in [3.05, 3.63) is 40.2 Å². The molecule has 1 atom stereocenters. The molecule has 1 unspecified atom stereocenters. The van der Waals surface area contributed by atoms with Gasteiger partial charge in [0.25, 0.3) is 12.9 Å². The molecule has 5 nitrogen and oxygen atoms in total. The first-order valence-corrected chi connectivity index (χ1v) is 8.11. The first-order chi connectivity index (χ1) is 13.0. The number of carbonyl (C=O) groups is 1. The van der Waals surface area contributed by atoms with Crippen LogP contribution in [0.15, 0.2) is 18.2 Å². The van der Waals surface area contributed by atoms with Crippen LogP contribution in [0, 0.1) is 6.92 Å². The predicted molar refractivity (Wildman–Crippen MR) is 88.3 cm³/mol. The largest absolute Gasteiger partial charge is 0.433 e. The molecule has 2 rings (SSSR count). The molecule has 12 heteroatoms. The van der Waals surface area contributed by atoms with E-state index in [1.807, 2.05) is 0 Å². The minimum absolute atomic E-state index is 0.159. The van der Waals surface area contributed by atoms with E-state index in [9.17, 15) is 31.1 Å². The number of hydrogen-bond acceptors (Lipinski definition) is 3. The molecular formula is C16H14ClF6N3O2. The molecule has 1 N–H and O–H groups in total. The molecule has 1 aromatic carbocycles. The zero-order valence-electron chi connectivity index (χ0n) is 14.4. The predicted octanol–water partition coefficient (Wildman–Crippen LogP) is 5.52. The van der Waals surface area contributed by atoms with Gasteiger partial charge in [0.05, 0.1) is 10.7 Å². The molecule has 1 aromatic heterocycles. The van der Waals surface area contributed by atoms with Crippen LogP contribution in [-0.4, -0.2) is 22.3 Å². The molecule has 0 aliphatic rings. The van der Waals surface area contributed by atoms with Gasteiger partial charge in [-0.2, -0.15) is 13.9 Å². The zero-order chi connectivity index (χ0) is 21.2. The minimum atomic E-state index is -3.28. The fraction of sp³-hybridized carbons (Fsp3) is 0.375. The fourth-order valence-electron chi connectivity index (χ4n) is 2.35. The molecule has 0 saturated carbocycles. The third kappa shape index (κ3) is 4.70. The van der Waals surface area contributed by atoms with E-state index in [2.05, 4.69) is 15.2 Å². The number of ether oxygens (including phenoxy) is 1. The van der Waals surface area contributed by atoms with E-state index in [0.717, 1.165) is 6.92 Å². The van der Waals surface area contributed by atoms with Crippen molar-refractivity contribution in [3.63, 3.8) is 0 Å². The van der Waals surface area contributed by atoms with Crippen LogP contribution in [0.1, 0.15) is 42.8 Å². The number of amides is 1. The number of anilines is 1. The average molecular weight is 430 g/mol. The highest BCUT2D eigenvalue weighted by molar-refractivity contribution is 6.32. The lowest BCUT2D eigenvalue weighted by Crippen LogP contribution is -2.26. The van der Waals surface area contributed by atoms with E-state index in [1.54, 1.807) is 6.92 Å². The van der Waals surface area contributed by atoms with Gasteiger partial charge in [-0.05, 0) is 31.5 Å². The van der Waals surface area contributed by atoms with Gasteiger partial charge < -0.3 is 10.1 Å². The van der Waals surface area contributed by atoms with Crippen LogP contribution in [0.2, 0.25) is 5.02 Å². The average Bonchev–Trinajstić information content (AvgIpc) is 2.93. The van der Waals surface area contributed by atoms with Crippen LogP contribution >= 0.6 is 11.6 Å². The van der Waals surface area contributed by atoms with Crippen molar-refractivity contribution < 1.29 is 35.9 Å². The Morgan fingerprint density at radius 1 is 1.18 bits per heavy atom. The summed E-state index contributed by atoms with van der Waals surface area (Å²) in [7, 11) is 0. The lowest BCUT2D eigenvalue weighted by Gasteiger charge is -2.17. The second kappa shape index (κ2) is 8.72. The van der Waals surface area contributed by atoms with Crippen molar-refractivity contribution in [2.24, 2.45) is 0 Å². The number of rotatable bonds is 7. The van der Waals surface area contributed by atoms with Gasteiger partial charge in [0.15, 0.2) is 0 Å². The molecule has 0 aliphatic carbocycles. The highest BCUT2D eigenvalue weighted by atomic mass is 35.5. The van der Waals surface area contributed by atoms with Crippen molar-refractivity contribution in [3.8, 4) is 5.75 Å². The van der Waals surface area contributed by atoms with Crippen LogP contribution < -0.4 is 10.1 Å². The second-order valence-corrected chi connectivity index (χ2v) is 6.05. The highest BCUT2D eigenvalue weighted by Crippen LogP contribution is 2.36. The highest BCUT2D eigenvalue weighted by Gasteiger charge is 2.32. The van der Waals surface area contributed by atoms with E-state index >= 15 is 0 Å². The minimum Gasteiger partial charge on any atom is -0.433 e. The maximum atomic E-state index is 13.2. The quantitative estimate of drug-likeness (QED) is 0.589. The van der Waals surface area contributed by atoms with E-state index < -0.39 is 47.8 Å². The van der Waals surface area contributed by atoms with Gasteiger partial charge in [0, 0.05) is 0 Å². The third-order valence-electron chi connectivity index (χ3n) is 3.68. The van der Waals surface area contributed by atoms with Gasteiger partial charge >= 0.3 is 6.61 Å². The summed E-state index contributed by atoms with van der Waals surface area (Å²) in [6.45, 7) is -0.459. The number of halogens is 7. The Balaban J connectivity index is 2.35. The lowest BCUT2D eigenvalue weighted by molar-refractivity contribution is -0.119. The topological polar surface area (TPSA) is 56.2 Å². The van der Waals surface area contributed by atoms with Gasteiger partial charge in [-0.1, -0.05) is 17.7 Å². The van der Waals surface area contributed by atoms with Crippen molar-refractivity contribution in [1.29, 1.82) is 0 Å². The molecule has 28 heavy (non-hydrogen) atoms. The lowest BCUT2D eigenvalue weighted by atomic mass is 10.2. The van der Waals surface area contributed by atoms with Gasteiger partial charge in [0.2, 0.25) is 5.91 Å². The number of aromatic nitrogens is 2. The van der Waals surface area contributed by atoms with Gasteiger partial charge in [-0.15, -0.1) is 0 Å². The first-order valence-electron chi connectivity index (χ1n) is 7.73. The van der Waals surface area contributed by atoms with Crippen LogP contribution in [-0.2, 0) is 4.79 Å². The van der Waals surface area contributed by atoms with Gasteiger partial charge in [-0.25, -0.2) is 22.2 Å². The standard InChI is InChI=1S/C16H14ClF6N3O2/c1-6-3-4-8(9(5-6)28-16(22)23)24-15(27)7(2)26-12(14(20)21)10(17)11(25-26)13(18)19/h3-5,7,13-14,16H,1-2H3,(H,24,27). The van der Waals surface area contributed by atoms with Crippen LogP contribution in [0.4, 0.5) is 32.0 Å². The normalized spacial score (nSPS) is 12.7. The van der Waals surface area contributed by atoms with E-state index in [0.29, 0.717) is 10.2 Å². The number of carbonyl (C=O) groups excluding carboxylic acids is 1. The molecule has 154 valence electrons. The second-order valence-electron chi connectivity index (χ2n) is 5.67. The summed E-state index contributed by atoms with van der Waals surface area (Å²) in [6, 6.07) is 2.49. The maximum absolute atomic E-state index is 13.2. The van der Waals surface area contributed by atoms with E-state index in [1.165, 1.54) is 18.2 Å². The Bertz CT molecular complexity index is 859. The summed E-state index contributed by atoms with van der Waals surface area (Å²) in [5.74, 6) is -1.33. The Morgan fingerprint density at radius 2 is 1.82 bits per heavy atom. The number of nitrogens with zero attached hydrogens (tertiary/aromatic N) is 2. The van der Waals surface area contributed by atoms with E-state index in [-0.39, 0.29) is 11.4 Å². The summed E-state index contributed by atoms with van der Waals surface area (Å²) in [5, 5.41) is 4.61. The van der Waals surface area contributed by atoms with Crippen molar-refractivity contribution in [2.75, 3.05) is 5.32 Å². The number of nitrogens with one attached hydrogen (secondary N) is 1. The van der Waals surface area contributed by atoms with Crippen LogP contribution in [0.5, 0.6) is 5.75 Å². The first kappa shape index (κ1) is 21.9. The molecule has 1 heterocycles. The zero-order valence-corrected chi connectivity index (χ0v) is 15.2. The molecule has 0 spiro atoms. The summed E-state index contributed by atoms with van der Waals surface area (Å²) in [6.07, 6.45) is -6.51. The van der Waals surface area contributed by atoms with Gasteiger partial charge in [-0.3, -0.25) is 4.79 Å². The SMILES string of the molecule is Cc1ccc(NC(=O)C(C)n2nc(C(F)F)c(Cl)c2C(F)F)c(OC(F)F)c1. The summed E-state index contributed by atoms with van der Waals surface area (Å²) < 4.78 is 82.1. The fourth-order valence-corrected chi connectivity index (χ4v) is 2.64. The van der Waals surface area contributed by atoms with Crippen molar-refractivity contribution in [1.82, 2.24) is 9.78 Å². The van der Waals surface area contributed by atoms with Crippen LogP contribution in [0.25, 0.3) is 0 Å². The monoisotopic (exact) mass is 429 g/mol. The Morgan fingerprint density at radius 3 is 2.36 bits per heavy atom. The Kier molecular flexibility index (Phi) is 6.81. The molecule has 0 fully saturated rings. The molecule has 0 bridgehead atoms. The van der Waals surface area contributed by atoms with Crippen LogP contribution in [0.3, 0.4) is 0 Å². The Labute approximate surface area is 160 Å². The number of benzene rings is 1. The van der Waals surface area contributed by atoms with Crippen molar-refractivity contribution in [2.45, 2.75) is 39.4 Å². The third-order valence-corrected chi connectivity index (χ3v) is 4.07. The summed E-state index contributed by atoms with van der Waals surface area (Å²) >= 11 is 5.55. The number of aryl methyl sites for hydroxylation is 1. The van der Waals surface area contributed by atoms with Crippen molar-refractivity contribution >= 4 is 23.2 Å². The summed E-state index contributed by atoms with van der Waals surface area (Å²) in [5.41, 5.74) is -1.74.